The van der Waals surface area contributed by atoms with Gasteiger partial charge in [0.05, 0.1) is 0 Å². The number of nitrogens with zero attached hydrogens (tertiary/aromatic N) is 2. The highest BCUT2D eigenvalue weighted by Gasteiger charge is 2.42. The number of thioether (sulfide) groups is 1. The van der Waals surface area contributed by atoms with Crippen LogP contribution in [0.25, 0.3) is 0 Å². The Morgan fingerprint density at radius 1 is 1.30 bits per heavy atom. The molecule has 0 N–H and O–H groups in total. The molecule has 132 valence electrons. The van der Waals surface area contributed by atoms with Crippen LogP contribution in [0.3, 0.4) is 0 Å². The lowest BCUT2D eigenvalue weighted by atomic mass is 9.73. The Hall–Kier alpha value is -0.710. The minimum Gasteiger partial charge on any atom is -0.342 e. The molecule has 4 nitrogen and oxygen atoms in total. The van der Waals surface area contributed by atoms with Crippen molar-refractivity contribution in [2.75, 3.05) is 38.2 Å². The molecular formula is C18H32N2O2S. The lowest BCUT2D eigenvalue weighted by molar-refractivity contribution is -0.143. The molecule has 2 fully saturated rings. The van der Waals surface area contributed by atoms with Gasteiger partial charge in [0.1, 0.15) is 0 Å². The number of amides is 2. The largest absolute Gasteiger partial charge is 0.342 e. The van der Waals surface area contributed by atoms with Crippen LogP contribution in [-0.2, 0) is 9.59 Å². The van der Waals surface area contributed by atoms with Gasteiger partial charge in [0.25, 0.3) is 0 Å². The second-order valence-electron chi connectivity index (χ2n) is 7.66. The maximum absolute atomic E-state index is 12.4. The van der Waals surface area contributed by atoms with Crippen molar-refractivity contribution in [3.8, 4) is 0 Å². The van der Waals surface area contributed by atoms with Crippen molar-refractivity contribution in [2.24, 2.45) is 11.3 Å². The fourth-order valence-electron chi connectivity index (χ4n) is 3.82. The second kappa shape index (κ2) is 8.41. The SMILES string of the molecule is CSCCC(=O)N1CCC[C@@]2(CCC(=O)N(CCC(C)C)C2)C1. The zero-order valence-corrected chi connectivity index (χ0v) is 15.8. The molecule has 23 heavy (non-hydrogen) atoms. The number of rotatable bonds is 6. The molecule has 0 aromatic heterocycles. The maximum atomic E-state index is 12.4. The quantitative estimate of drug-likeness (QED) is 0.746. The number of carbonyl (C=O) groups excluding carboxylic acids is 2. The van der Waals surface area contributed by atoms with Crippen molar-refractivity contribution >= 4 is 23.6 Å². The third-order valence-corrected chi connectivity index (χ3v) is 5.87. The zero-order valence-electron chi connectivity index (χ0n) is 15.0. The van der Waals surface area contributed by atoms with E-state index in [-0.39, 0.29) is 5.41 Å². The van der Waals surface area contributed by atoms with E-state index in [1.165, 1.54) is 0 Å². The summed E-state index contributed by atoms with van der Waals surface area (Å²) in [7, 11) is 0. The number of hydrogen-bond acceptors (Lipinski definition) is 3. The normalized spacial score (nSPS) is 25.5. The molecule has 0 unspecified atom stereocenters. The summed E-state index contributed by atoms with van der Waals surface area (Å²) >= 11 is 1.73. The zero-order chi connectivity index (χ0) is 16.9. The van der Waals surface area contributed by atoms with Crippen molar-refractivity contribution in [1.82, 2.24) is 9.80 Å². The van der Waals surface area contributed by atoms with Crippen LogP contribution in [0.4, 0.5) is 0 Å². The molecule has 2 amide bonds. The van der Waals surface area contributed by atoms with Crippen molar-refractivity contribution in [3.05, 3.63) is 0 Å². The van der Waals surface area contributed by atoms with Gasteiger partial charge < -0.3 is 9.80 Å². The summed E-state index contributed by atoms with van der Waals surface area (Å²) in [5, 5.41) is 0. The maximum Gasteiger partial charge on any atom is 0.223 e. The lowest BCUT2D eigenvalue weighted by Crippen LogP contribution is -2.55. The summed E-state index contributed by atoms with van der Waals surface area (Å²) in [5.41, 5.74) is 0.151. The van der Waals surface area contributed by atoms with Gasteiger partial charge >= 0.3 is 0 Å². The average Bonchev–Trinajstić information content (AvgIpc) is 2.54. The lowest BCUT2D eigenvalue weighted by Gasteiger charge is -2.48. The monoisotopic (exact) mass is 340 g/mol. The van der Waals surface area contributed by atoms with Crippen LogP contribution < -0.4 is 0 Å². The van der Waals surface area contributed by atoms with Crippen molar-refractivity contribution in [1.29, 1.82) is 0 Å². The summed E-state index contributed by atoms with van der Waals surface area (Å²) < 4.78 is 0. The molecule has 2 aliphatic rings. The first-order valence-corrected chi connectivity index (χ1v) is 10.4. The van der Waals surface area contributed by atoms with E-state index in [0.29, 0.717) is 30.6 Å². The highest BCUT2D eigenvalue weighted by Crippen LogP contribution is 2.39. The van der Waals surface area contributed by atoms with Gasteiger partial charge in [-0.25, -0.2) is 0 Å². The molecule has 2 rings (SSSR count). The number of carbonyl (C=O) groups is 2. The topological polar surface area (TPSA) is 40.6 Å². The van der Waals surface area contributed by atoms with Crippen LogP contribution in [0.2, 0.25) is 0 Å². The standard InChI is InChI=1S/C18H32N2O2S/c1-15(2)6-11-20-14-18(9-5-16(20)21)8-4-10-19(13-18)17(22)7-12-23-3/h15H,4-14H2,1-3H3/t18-/m1/s1. The van der Waals surface area contributed by atoms with E-state index in [1.807, 2.05) is 6.26 Å². The molecule has 0 aliphatic carbocycles. The predicted octanol–water partition coefficient (Wildman–Crippen LogP) is 3.02. The van der Waals surface area contributed by atoms with Crippen molar-refractivity contribution in [3.63, 3.8) is 0 Å². The smallest absolute Gasteiger partial charge is 0.223 e. The predicted molar refractivity (Wildman–Crippen MR) is 96.5 cm³/mol. The van der Waals surface area contributed by atoms with E-state index in [4.69, 9.17) is 0 Å². The second-order valence-corrected chi connectivity index (χ2v) is 8.65. The van der Waals surface area contributed by atoms with E-state index in [9.17, 15) is 9.59 Å². The molecule has 2 aliphatic heterocycles. The Morgan fingerprint density at radius 2 is 2.09 bits per heavy atom. The minimum absolute atomic E-state index is 0.151. The fraction of sp³-hybridized carbons (Fsp3) is 0.889. The summed E-state index contributed by atoms with van der Waals surface area (Å²) in [6.07, 6.45) is 7.61. The third-order valence-electron chi connectivity index (χ3n) is 5.26. The first-order chi connectivity index (χ1) is 11.0. The van der Waals surface area contributed by atoms with Crippen LogP contribution in [0.5, 0.6) is 0 Å². The minimum atomic E-state index is 0.151. The van der Waals surface area contributed by atoms with Crippen LogP contribution in [-0.4, -0.2) is 59.8 Å². The number of likely N-dealkylation sites (tertiary alicyclic amines) is 2. The van der Waals surface area contributed by atoms with Crippen LogP contribution in [0.15, 0.2) is 0 Å². The first-order valence-electron chi connectivity index (χ1n) is 9.00. The molecule has 0 radical (unpaired) electrons. The number of hydrogen-bond donors (Lipinski definition) is 0. The number of piperidine rings is 2. The van der Waals surface area contributed by atoms with Gasteiger partial charge in [0.15, 0.2) is 0 Å². The summed E-state index contributed by atoms with van der Waals surface area (Å²) in [6.45, 7) is 7.89. The molecule has 0 aromatic carbocycles. The van der Waals surface area contributed by atoms with E-state index in [2.05, 4.69) is 23.6 Å². The van der Waals surface area contributed by atoms with Crippen molar-refractivity contribution in [2.45, 2.75) is 52.4 Å². The molecule has 0 aromatic rings. The van der Waals surface area contributed by atoms with E-state index in [0.717, 1.165) is 57.6 Å². The van der Waals surface area contributed by atoms with Gasteiger partial charge in [0.2, 0.25) is 11.8 Å². The molecule has 1 atom stereocenters. The van der Waals surface area contributed by atoms with Gasteiger partial charge in [-0.15, -0.1) is 0 Å². The summed E-state index contributed by atoms with van der Waals surface area (Å²) in [5.74, 6) is 2.13. The fourth-order valence-corrected chi connectivity index (χ4v) is 4.20. The Balaban J connectivity index is 1.96. The van der Waals surface area contributed by atoms with Crippen LogP contribution >= 0.6 is 11.8 Å². The first kappa shape index (κ1) is 18.6. The highest BCUT2D eigenvalue weighted by molar-refractivity contribution is 7.98. The molecule has 0 bridgehead atoms. The van der Waals surface area contributed by atoms with Crippen LogP contribution in [0, 0.1) is 11.3 Å². The Morgan fingerprint density at radius 3 is 2.78 bits per heavy atom. The van der Waals surface area contributed by atoms with Gasteiger partial charge in [-0.3, -0.25) is 9.59 Å². The molecule has 5 heteroatoms. The molecule has 2 heterocycles. The molecular weight excluding hydrogens is 308 g/mol. The Kier molecular flexibility index (Phi) is 6.81. The van der Waals surface area contributed by atoms with E-state index in [1.54, 1.807) is 11.8 Å². The molecule has 2 saturated heterocycles. The third kappa shape index (κ3) is 5.13. The van der Waals surface area contributed by atoms with E-state index >= 15 is 0 Å². The summed E-state index contributed by atoms with van der Waals surface area (Å²) in [6, 6.07) is 0. The van der Waals surface area contributed by atoms with Gasteiger partial charge in [-0.1, -0.05) is 13.8 Å². The molecule has 1 spiro atoms. The Bertz CT molecular complexity index is 427. The van der Waals surface area contributed by atoms with Crippen LogP contribution in [0.1, 0.15) is 52.4 Å². The van der Waals surface area contributed by atoms with Gasteiger partial charge in [0, 0.05) is 50.2 Å². The van der Waals surface area contributed by atoms with Gasteiger partial charge in [-0.2, -0.15) is 11.8 Å². The van der Waals surface area contributed by atoms with Crippen molar-refractivity contribution < 1.29 is 9.59 Å². The molecule has 0 saturated carbocycles. The summed E-state index contributed by atoms with van der Waals surface area (Å²) in [4.78, 5) is 28.7. The Labute approximate surface area is 145 Å². The van der Waals surface area contributed by atoms with Gasteiger partial charge in [-0.05, 0) is 37.9 Å². The van der Waals surface area contributed by atoms with E-state index < -0.39 is 0 Å². The highest BCUT2D eigenvalue weighted by atomic mass is 32.2. The average molecular weight is 341 g/mol.